The molecule has 5 nitrogen and oxygen atoms in total. The summed E-state index contributed by atoms with van der Waals surface area (Å²) in [5.74, 6) is -0.0905. The molecule has 1 aromatic heterocycles. The first-order valence-corrected chi connectivity index (χ1v) is 5.87. The second-order valence-corrected chi connectivity index (χ2v) is 4.64. The number of hydrogen-bond acceptors (Lipinski definition) is 3. The Morgan fingerprint density at radius 1 is 1.41 bits per heavy atom. The van der Waals surface area contributed by atoms with E-state index in [2.05, 4.69) is 9.97 Å². The van der Waals surface area contributed by atoms with E-state index in [0.29, 0.717) is 18.7 Å². The normalized spacial score (nSPS) is 24.5. The van der Waals surface area contributed by atoms with Crippen LogP contribution in [0.3, 0.4) is 0 Å². The van der Waals surface area contributed by atoms with Gasteiger partial charge in [-0.2, -0.15) is 0 Å². The van der Waals surface area contributed by atoms with E-state index < -0.39 is 5.97 Å². The van der Waals surface area contributed by atoms with Crippen molar-refractivity contribution in [1.29, 1.82) is 0 Å². The van der Waals surface area contributed by atoms with E-state index in [9.17, 15) is 9.59 Å². The number of carboxylic acid groups (broad SMARTS) is 1. The van der Waals surface area contributed by atoms with Crippen LogP contribution >= 0.6 is 0 Å². The summed E-state index contributed by atoms with van der Waals surface area (Å²) in [6.07, 6.45) is 2.95. The van der Waals surface area contributed by atoms with Gasteiger partial charge in [-0.15, -0.1) is 0 Å². The molecule has 0 amide bonds. The van der Waals surface area contributed by atoms with Gasteiger partial charge in [0.05, 0.1) is 11.6 Å². The largest absolute Gasteiger partial charge is 0.481 e. The highest BCUT2D eigenvalue weighted by atomic mass is 16.4. The molecule has 0 bridgehead atoms. The van der Waals surface area contributed by atoms with Crippen molar-refractivity contribution in [3.8, 4) is 0 Å². The fraction of sp³-hybridized carbons (Fsp3) is 0.583. The molecule has 0 unspecified atom stereocenters. The van der Waals surface area contributed by atoms with Crippen LogP contribution in [0.2, 0.25) is 0 Å². The molecular formula is C12H16N2O3. The average molecular weight is 236 g/mol. The Labute approximate surface area is 98.9 Å². The Balaban J connectivity index is 2.10. The van der Waals surface area contributed by atoms with E-state index in [-0.39, 0.29) is 17.4 Å². The monoisotopic (exact) mass is 236 g/mol. The van der Waals surface area contributed by atoms with Crippen molar-refractivity contribution in [1.82, 2.24) is 9.97 Å². The van der Waals surface area contributed by atoms with Crippen LogP contribution in [0.25, 0.3) is 0 Å². The van der Waals surface area contributed by atoms with Gasteiger partial charge in [-0.05, 0) is 32.6 Å². The minimum absolute atomic E-state index is 0.132. The number of aliphatic carboxylic acids is 1. The van der Waals surface area contributed by atoms with Gasteiger partial charge in [0, 0.05) is 12.0 Å². The minimum atomic E-state index is -0.710. The van der Waals surface area contributed by atoms with Crippen LogP contribution in [0, 0.1) is 12.8 Å². The van der Waals surface area contributed by atoms with Gasteiger partial charge >= 0.3 is 5.97 Å². The van der Waals surface area contributed by atoms with Crippen molar-refractivity contribution in [2.24, 2.45) is 5.92 Å². The molecule has 1 aromatic rings. The molecule has 0 atom stereocenters. The van der Waals surface area contributed by atoms with Gasteiger partial charge in [-0.3, -0.25) is 9.59 Å². The SMILES string of the molecule is Cc1nc(C2CCC(C(=O)O)CC2)cc(=O)[nH]1. The molecular weight excluding hydrogens is 220 g/mol. The maximum absolute atomic E-state index is 11.3. The summed E-state index contributed by atoms with van der Waals surface area (Å²) in [6.45, 7) is 1.76. The van der Waals surface area contributed by atoms with Gasteiger partial charge in [0.15, 0.2) is 0 Å². The molecule has 1 aliphatic rings. The third-order valence-electron chi connectivity index (χ3n) is 3.37. The van der Waals surface area contributed by atoms with Gasteiger partial charge in [0.2, 0.25) is 0 Å². The Bertz CT molecular complexity index is 473. The lowest BCUT2D eigenvalue weighted by Crippen LogP contribution is -2.22. The van der Waals surface area contributed by atoms with Crippen molar-refractivity contribution < 1.29 is 9.90 Å². The lowest BCUT2D eigenvalue weighted by molar-refractivity contribution is -0.142. The molecule has 0 aliphatic heterocycles. The van der Waals surface area contributed by atoms with Crippen molar-refractivity contribution in [2.75, 3.05) is 0 Å². The fourth-order valence-electron chi connectivity index (χ4n) is 2.45. The number of carbonyl (C=O) groups is 1. The average Bonchev–Trinajstić information content (AvgIpc) is 2.28. The molecule has 17 heavy (non-hydrogen) atoms. The minimum Gasteiger partial charge on any atom is -0.481 e. The molecule has 0 saturated heterocycles. The molecule has 0 aromatic carbocycles. The Kier molecular flexibility index (Phi) is 3.26. The maximum atomic E-state index is 11.3. The van der Waals surface area contributed by atoms with Crippen molar-refractivity contribution in [3.63, 3.8) is 0 Å². The number of aromatic amines is 1. The summed E-state index contributed by atoms with van der Waals surface area (Å²) in [7, 11) is 0. The van der Waals surface area contributed by atoms with E-state index >= 15 is 0 Å². The predicted octanol–water partition coefficient (Wildman–Crippen LogP) is 1.44. The van der Waals surface area contributed by atoms with Gasteiger partial charge in [0.1, 0.15) is 5.82 Å². The number of nitrogens with one attached hydrogen (secondary N) is 1. The first-order valence-electron chi connectivity index (χ1n) is 5.87. The molecule has 5 heteroatoms. The second-order valence-electron chi connectivity index (χ2n) is 4.64. The summed E-state index contributed by atoms with van der Waals surface area (Å²) in [5.41, 5.74) is 0.669. The zero-order valence-corrected chi connectivity index (χ0v) is 9.77. The molecule has 0 radical (unpaired) electrons. The molecule has 1 heterocycles. The van der Waals surface area contributed by atoms with Gasteiger partial charge < -0.3 is 10.1 Å². The summed E-state index contributed by atoms with van der Waals surface area (Å²) in [6, 6.07) is 1.53. The highest BCUT2D eigenvalue weighted by molar-refractivity contribution is 5.70. The van der Waals surface area contributed by atoms with Crippen LogP contribution in [0.15, 0.2) is 10.9 Å². The van der Waals surface area contributed by atoms with Gasteiger partial charge in [0.25, 0.3) is 5.56 Å². The summed E-state index contributed by atoms with van der Waals surface area (Å²) in [5, 5.41) is 8.91. The molecule has 2 N–H and O–H groups in total. The standard InChI is InChI=1S/C12H16N2O3/c1-7-13-10(6-11(15)14-7)8-2-4-9(5-3-8)12(16)17/h6,8-9H,2-5H2,1H3,(H,16,17)(H,13,14,15). The maximum Gasteiger partial charge on any atom is 0.306 e. The zero-order chi connectivity index (χ0) is 12.4. The van der Waals surface area contributed by atoms with E-state index in [4.69, 9.17) is 5.11 Å². The number of nitrogens with zero attached hydrogens (tertiary/aromatic N) is 1. The number of carboxylic acids is 1. The molecule has 1 saturated carbocycles. The molecule has 0 spiro atoms. The topological polar surface area (TPSA) is 83.0 Å². The van der Waals surface area contributed by atoms with E-state index in [1.54, 1.807) is 6.92 Å². The van der Waals surface area contributed by atoms with Crippen LogP contribution < -0.4 is 5.56 Å². The van der Waals surface area contributed by atoms with Crippen LogP contribution in [0.4, 0.5) is 0 Å². The second kappa shape index (κ2) is 4.69. The highest BCUT2D eigenvalue weighted by Crippen LogP contribution is 2.34. The number of H-pyrrole nitrogens is 1. The molecule has 1 aliphatic carbocycles. The van der Waals surface area contributed by atoms with E-state index in [1.165, 1.54) is 6.07 Å². The molecule has 1 fully saturated rings. The molecule has 92 valence electrons. The van der Waals surface area contributed by atoms with Gasteiger partial charge in [-0.25, -0.2) is 4.98 Å². The number of aromatic nitrogens is 2. The Hall–Kier alpha value is -1.65. The zero-order valence-electron chi connectivity index (χ0n) is 9.77. The van der Waals surface area contributed by atoms with Crippen LogP contribution in [-0.2, 0) is 4.79 Å². The van der Waals surface area contributed by atoms with Gasteiger partial charge in [-0.1, -0.05) is 0 Å². The predicted molar refractivity (Wildman–Crippen MR) is 61.9 cm³/mol. The third kappa shape index (κ3) is 2.72. The quantitative estimate of drug-likeness (QED) is 0.813. The summed E-state index contributed by atoms with van der Waals surface area (Å²) in [4.78, 5) is 29.1. The fourth-order valence-corrected chi connectivity index (χ4v) is 2.45. The van der Waals surface area contributed by atoms with Crippen molar-refractivity contribution >= 4 is 5.97 Å². The highest BCUT2D eigenvalue weighted by Gasteiger charge is 2.27. The third-order valence-corrected chi connectivity index (χ3v) is 3.37. The first kappa shape index (κ1) is 11.8. The summed E-state index contributed by atoms with van der Waals surface area (Å²) < 4.78 is 0. The number of rotatable bonds is 2. The van der Waals surface area contributed by atoms with Crippen molar-refractivity contribution in [2.45, 2.75) is 38.5 Å². The summed E-state index contributed by atoms with van der Waals surface area (Å²) >= 11 is 0. The van der Waals surface area contributed by atoms with Crippen LogP contribution in [-0.4, -0.2) is 21.0 Å². The number of aryl methyl sites for hydroxylation is 1. The number of hydrogen-bond donors (Lipinski definition) is 2. The van der Waals surface area contributed by atoms with Crippen LogP contribution in [0.1, 0.15) is 43.1 Å². The van der Waals surface area contributed by atoms with E-state index in [1.807, 2.05) is 0 Å². The molecule has 2 rings (SSSR count). The van der Waals surface area contributed by atoms with Crippen molar-refractivity contribution in [3.05, 3.63) is 27.9 Å². The lowest BCUT2D eigenvalue weighted by Gasteiger charge is -2.25. The first-order chi connectivity index (χ1) is 8.06. The van der Waals surface area contributed by atoms with E-state index in [0.717, 1.165) is 18.5 Å². The Morgan fingerprint density at radius 3 is 2.59 bits per heavy atom. The Morgan fingerprint density at radius 2 is 2.06 bits per heavy atom. The lowest BCUT2D eigenvalue weighted by atomic mass is 9.80. The smallest absolute Gasteiger partial charge is 0.306 e. The van der Waals surface area contributed by atoms with Crippen LogP contribution in [0.5, 0.6) is 0 Å².